The van der Waals surface area contributed by atoms with Crippen molar-refractivity contribution in [1.82, 2.24) is 0 Å². The van der Waals surface area contributed by atoms with Gasteiger partial charge < -0.3 is 14.2 Å². The fourth-order valence-corrected chi connectivity index (χ4v) is 2.13. The van der Waals surface area contributed by atoms with E-state index in [4.69, 9.17) is 14.2 Å². The monoisotopic (exact) mass is 314 g/mol. The van der Waals surface area contributed by atoms with Gasteiger partial charge in [-0.1, -0.05) is 25.1 Å². The van der Waals surface area contributed by atoms with E-state index in [0.29, 0.717) is 19.4 Å². The van der Waals surface area contributed by atoms with Crippen LogP contribution in [-0.4, -0.2) is 19.7 Å². The van der Waals surface area contributed by atoms with E-state index in [1.807, 2.05) is 48.5 Å². The fourth-order valence-electron chi connectivity index (χ4n) is 2.13. The first-order chi connectivity index (χ1) is 11.2. The number of para-hydroxylation sites is 1. The van der Waals surface area contributed by atoms with Crippen molar-refractivity contribution in [2.45, 2.75) is 26.2 Å². The number of aryl methyl sites for hydroxylation is 1. The van der Waals surface area contributed by atoms with Crippen LogP contribution in [0.2, 0.25) is 0 Å². The van der Waals surface area contributed by atoms with Crippen LogP contribution in [0.5, 0.6) is 17.2 Å². The van der Waals surface area contributed by atoms with Crippen molar-refractivity contribution in [2.24, 2.45) is 0 Å². The number of hydrogen-bond donors (Lipinski definition) is 0. The Morgan fingerprint density at radius 2 is 1.83 bits per heavy atom. The highest BCUT2D eigenvalue weighted by atomic mass is 16.5. The normalized spacial score (nSPS) is 10.2. The van der Waals surface area contributed by atoms with Crippen LogP contribution in [0.15, 0.2) is 48.5 Å². The molecule has 4 nitrogen and oxygen atoms in total. The molecule has 2 aromatic carbocycles. The summed E-state index contributed by atoms with van der Waals surface area (Å²) in [6.45, 7) is 2.70. The number of carbonyl (C=O) groups excluding carboxylic acids is 1. The maximum absolute atomic E-state index is 11.4. The van der Waals surface area contributed by atoms with Crippen molar-refractivity contribution in [3.05, 3.63) is 54.1 Å². The van der Waals surface area contributed by atoms with Crippen LogP contribution in [-0.2, 0) is 16.0 Å². The zero-order valence-electron chi connectivity index (χ0n) is 13.6. The summed E-state index contributed by atoms with van der Waals surface area (Å²) >= 11 is 0. The Kier molecular flexibility index (Phi) is 6.48. The summed E-state index contributed by atoms with van der Waals surface area (Å²) in [6, 6.07) is 15.3. The van der Waals surface area contributed by atoms with E-state index in [9.17, 15) is 4.79 Å². The third-order valence-electron chi connectivity index (χ3n) is 3.30. The average Bonchev–Trinajstić information content (AvgIpc) is 2.59. The highest BCUT2D eigenvalue weighted by Gasteiger charge is 2.10. The second-order valence-corrected chi connectivity index (χ2v) is 5.11. The Morgan fingerprint density at radius 3 is 2.52 bits per heavy atom. The second kappa shape index (κ2) is 8.83. The zero-order chi connectivity index (χ0) is 16.5. The lowest BCUT2D eigenvalue weighted by Gasteiger charge is -2.13. The second-order valence-electron chi connectivity index (χ2n) is 5.11. The molecule has 0 N–H and O–H groups in total. The predicted molar refractivity (Wildman–Crippen MR) is 89.1 cm³/mol. The minimum absolute atomic E-state index is 0.235. The van der Waals surface area contributed by atoms with Crippen LogP contribution < -0.4 is 9.47 Å². The molecule has 0 spiro atoms. The number of benzene rings is 2. The molecule has 0 radical (unpaired) electrons. The summed E-state index contributed by atoms with van der Waals surface area (Å²) in [5.41, 5.74) is 0.942. The molecule has 0 saturated carbocycles. The van der Waals surface area contributed by atoms with Gasteiger partial charge in [0.15, 0.2) is 0 Å². The molecule has 0 unspecified atom stereocenters. The lowest BCUT2D eigenvalue weighted by molar-refractivity contribution is -0.140. The fraction of sp³-hybridized carbons (Fsp3) is 0.316. The van der Waals surface area contributed by atoms with E-state index < -0.39 is 0 Å². The van der Waals surface area contributed by atoms with Crippen LogP contribution in [0.25, 0.3) is 0 Å². The molecule has 0 bridgehead atoms. The van der Waals surface area contributed by atoms with Crippen LogP contribution in [0, 0.1) is 0 Å². The summed E-state index contributed by atoms with van der Waals surface area (Å²) in [6.07, 6.45) is 1.80. The van der Waals surface area contributed by atoms with Gasteiger partial charge in [0.05, 0.1) is 13.7 Å². The smallest absolute Gasteiger partial charge is 0.305 e. The lowest BCUT2D eigenvalue weighted by Crippen LogP contribution is -2.04. The Bertz CT molecular complexity index is 623. The van der Waals surface area contributed by atoms with E-state index in [0.717, 1.165) is 29.2 Å². The van der Waals surface area contributed by atoms with Gasteiger partial charge in [-0.05, 0) is 48.7 Å². The van der Waals surface area contributed by atoms with Gasteiger partial charge in [0.2, 0.25) is 0 Å². The van der Waals surface area contributed by atoms with Crippen molar-refractivity contribution in [1.29, 1.82) is 0 Å². The number of carbonyl (C=O) groups is 1. The molecule has 0 fully saturated rings. The van der Waals surface area contributed by atoms with Gasteiger partial charge in [0, 0.05) is 6.42 Å². The quantitative estimate of drug-likeness (QED) is 0.679. The Morgan fingerprint density at radius 1 is 1.04 bits per heavy atom. The molecule has 0 heterocycles. The first-order valence-electron chi connectivity index (χ1n) is 7.78. The van der Waals surface area contributed by atoms with Gasteiger partial charge in [-0.25, -0.2) is 0 Å². The first-order valence-corrected chi connectivity index (χ1v) is 7.78. The third-order valence-corrected chi connectivity index (χ3v) is 3.30. The number of hydrogen-bond acceptors (Lipinski definition) is 4. The molecule has 2 rings (SSSR count). The molecular weight excluding hydrogens is 292 g/mol. The van der Waals surface area contributed by atoms with Gasteiger partial charge in [-0.2, -0.15) is 0 Å². The van der Waals surface area contributed by atoms with Gasteiger partial charge in [-0.3, -0.25) is 4.79 Å². The summed E-state index contributed by atoms with van der Waals surface area (Å²) in [5, 5.41) is 0. The molecule has 2 aromatic rings. The van der Waals surface area contributed by atoms with Gasteiger partial charge in [0.25, 0.3) is 0 Å². The summed E-state index contributed by atoms with van der Waals surface area (Å²) < 4.78 is 16.3. The SMILES string of the molecule is CCCOc1ccc(Oc2ccccc2)cc1CCC(=O)OC. The van der Waals surface area contributed by atoms with Crippen LogP contribution in [0.4, 0.5) is 0 Å². The Balaban J connectivity index is 2.15. The molecule has 0 aromatic heterocycles. The number of esters is 1. The molecular formula is C19H22O4. The molecule has 4 heteroatoms. The van der Waals surface area contributed by atoms with E-state index in [2.05, 4.69) is 6.92 Å². The van der Waals surface area contributed by atoms with Gasteiger partial charge in [0.1, 0.15) is 17.2 Å². The van der Waals surface area contributed by atoms with Gasteiger partial charge >= 0.3 is 5.97 Å². The van der Waals surface area contributed by atoms with Crippen molar-refractivity contribution >= 4 is 5.97 Å². The van der Waals surface area contributed by atoms with Crippen LogP contribution in [0.1, 0.15) is 25.3 Å². The van der Waals surface area contributed by atoms with Crippen LogP contribution >= 0.6 is 0 Å². The lowest BCUT2D eigenvalue weighted by atomic mass is 10.1. The highest BCUT2D eigenvalue weighted by Crippen LogP contribution is 2.29. The van der Waals surface area contributed by atoms with Crippen molar-refractivity contribution in [3.63, 3.8) is 0 Å². The standard InChI is InChI=1S/C19H22O4/c1-3-13-22-18-11-10-17(23-16-7-5-4-6-8-16)14-15(18)9-12-19(20)21-2/h4-8,10-11,14H,3,9,12-13H2,1-2H3. The van der Waals surface area contributed by atoms with E-state index >= 15 is 0 Å². The van der Waals surface area contributed by atoms with Gasteiger partial charge in [-0.15, -0.1) is 0 Å². The summed E-state index contributed by atoms with van der Waals surface area (Å²) in [5.74, 6) is 2.05. The number of rotatable bonds is 8. The topological polar surface area (TPSA) is 44.8 Å². The van der Waals surface area contributed by atoms with Crippen molar-refractivity contribution in [2.75, 3.05) is 13.7 Å². The highest BCUT2D eigenvalue weighted by molar-refractivity contribution is 5.69. The average molecular weight is 314 g/mol. The minimum atomic E-state index is -0.235. The molecule has 0 aliphatic rings. The third kappa shape index (κ3) is 5.33. The number of methoxy groups -OCH3 is 1. The van der Waals surface area contributed by atoms with E-state index in [1.54, 1.807) is 0 Å². The molecule has 0 saturated heterocycles. The summed E-state index contributed by atoms with van der Waals surface area (Å²) in [7, 11) is 1.39. The minimum Gasteiger partial charge on any atom is -0.493 e. The molecule has 0 atom stereocenters. The molecule has 0 amide bonds. The maximum atomic E-state index is 11.4. The predicted octanol–water partition coefficient (Wildman–Crippen LogP) is 4.37. The largest absolute Gasteiger partial charge is 0.493 e. The van der Waals surface area contributed by atoms with Crippen LogP contribution in [0.3, 0.4) is 0 Å². The van der Waals surface area contributed by atoms with E-state index in [1.165, 1.54) is 7.11 Å². The van der Waals surface area contributed by atoms with Crippen molar-refractivity contribution < 1.29 is 19.0 Å². The van der Waals surface area contributed by atoms with Crippen molar-refractivity contribution in [3.8, 4) is 17.2 Å². The van der Waals surface area contributed by atoms with E-state index in [-0.39, 0.29) is 5.97 Å². The molecule has 23 heavy (non-hydrogen) atoms. The molecule has 0 aliphatic heterocycles. The zero-order valence-corrected chi connectivity index (χ0v) is 13.6. The molecule has 122 valence electrons. The maximum Gasteiger partial charge on any atom is 0.305 e. The Labute approximate surface area is 137 Å². The number of ether oxygens (including phenoxy) is 3. The Hall–Kier alpha value is -2.49. The molecule has 0 aliphatic carbocycles. The summed E-state index contributed by atoms with van der Waals surface area (Å²) in [4.78, 5) is 11.4. The first kappa shape index (κ1) is 16.9.